The summed E-state index contributed by atoms with van der Waals surface area (Å²) in [6.45, 7) is 3.01. The van der Waals surface area contributed by atoms with Crippen LogP contribution in [0.1, 0.15) is 46.8 Å². The van der Waals surface area contributed by atoms with Crippen LogP contribution in [0.15, 0.2) is 18.2 Å². The molecular weight excluding hydrogens is 300 g/mol. The predicted molar refractivity (Wildman–Crippen MR) is 74.3 cm³/mol. The number of rotatable bonds is 6. The van der Waals surface area contributed by atoms with E-state index in [4.69, 9.17) is 21.4 Å². The van der Waals surface area contributed by atoms with Crippen LogP contribution in [0.3, 0.4) is 0 Å². The van der Waals surface area contributed by atoms with Gasteiger partial charge in [-0.05, 0) is 37.1 Å². The van der Waals surface area contributed by atoms with Crippen molar-refractivity contribution in [3.05, 3.63) is 34.9 Å². The number of aliphatic carboxylic acids is 1. The molecule has 0 spiro atoms. The summed E-state index contributed by atoms with van der Waals surface area (Å²) in [6.07, 6.45) is -1.77. The van der Waals surface area contributed by atoms with Gasteiger partial charge in [0.1, 0.15) is 5.38 Å². The van der Waals surface area contributed by atoms with Crippen molar-refractivity contribution in [3.63, 3.8) is 0 Å². The summed E-state index contributed by atoms with van der Waals surface area (Å²) in [7, 11) is 0. The molecule has 6 nitrogen and oxygen atoms in total. The quantitative estimate of drug-likeness (QED) is 0.614. The van der Waals surface area contributed by atoms with Crippen molar-refractivity contribution in [1.82, 2.24) is 0 Å². The maximum absolute atomic E-state index is 11.8. The van der Waals surface area contributed by atoms with Crippen molar-refractivity contribution in [3.8, 4) is 0 Å². The van der Waals surface area contributed by atoms with Gasteiger partial charge in [0.25, 0.3) is 0 Å². The summed E-state index contributed by atoms with van der Waals surface area (Å²) in [5.41, 5.74) is 0.200. The minimum atomic E-state index is -1.77. The second-order valence-corrected chi connectivity index (χ2v) is 4.72. The molecule has 0 aliphatic heterocycles. The molecular formula is C14H15ClO6. The lowest BCUT2D eigenvalue weighted by Crippen LogP contribution is -2.15. The van der Waals surface area contributed by atoms with E-state index >= 15 is 0 Å². The molecule has 1 aromatic carbocycles. The second kappa shape index (κ2) is 7.19. The largest absolute Gasteiger partial charge is 0.479 e. The van der Waals surface area contributed by atoms with E-state index in [1.807, 2.05) is 0 Å². The number of ketones is 1. The highest BCUT2D eigenvalue weighted by atomic mass is 35.5. The van der Waals surface area contributed by atoms with Crippen LogP contribution in [0.2, 0.25) is 0 Å². The first-order valence-corrected chi connectivity index (χ1v) is 6.59. The van der Waals surface area contributed by atoms with Gasteiger partial charge in [0, 0.05) is 0 Å². The fraction of sp³-hybridized carbons (Fsp3) is 0.357. The Morgan fingerprint density at radius 3 is 2.43 bits per heavy atom. The summed E-state index contributed by atoms with van der Waals surface area (Å²) in [5, 5.41) is 17.2. The number of carboxylic acids is 1. The van der Waals surface area contributed by atoms with Gasteiger partial charge < -0.3 is 14.9 Å². The molecule has 2 atom stereocenters. The van der Waals surface area contributed by atoms with Crippen molar-refractivity contribution in [2.75, 3.05) is 6.61 Å². The van der Waals surface area contributed by atoms with Crippen LogP contribution in [-0.2, 0) is 14.3 Å². The van der Waals surface area contributed by atoms with Gasteiger partial charge >= 0.3 is 11.9 Å². The smallest absolute Gasteiger partial charge is 0.338 e. The van der Waals surface area contributed by atoms with Gasteiger partial charge in [-0.2, -0.15) is 0 Å². The average Bonchev–Trinajstić information content (AvgIpc) is 2.44. The summed E-state index contributed by atoms with van der Waals surface area (Å²) in [4.78, 5) is 34.1. The molecule has 2 unspecified atom stereocenters. The first-order chi connectivity index (χ1) is 9.79. The van der Waals surface area contributed by atoms with E-state index < -0.39 is 29.2 Å². The first kappa shape index (κ1) is 17.1. The SMILES string of the molecule is CCOC(=O)c1ccc(C(O)C(=O)O)cc1C(Cl)C(C)=O. The standard InChI is InChI=1S/C14H15ClO6/c1-3-21-14(20)9-5-4-8(12(17)13(18)19)6-10(9)11(15)7(2)16/h4-6,11-12,17H,3H2,1-2H3,(H,18,19). The van der Waals surface area contributed by atoms with E-state index in [1.54, 1.807) is 6.92 Å². The molecule has 0 amide bonds. The highest BCUT2D eigenvalue weighted by molar-refractivity contribution is 6.31. The molecule has 0 aliphatic carbocycles. The minimum Gasteiger partial charge on any atom is -0.479 e. The number of halogens is 1. The normalized spacial score (nSPS) is 13.3. The van der Waals surface area contributed by atoms with Crippen LogP contribution in [0.25, 0.3) is 0 Å². The van der Waals surface area contributed by atoms with Crippen molar-refractivity contribution in [2.45, 2.75) is 25.3 Å². The zero-order valence-electron chi connectivity index (χ0n) is 11.5. The summed E-state index contributed by atoms with van der Waals surface area (Å²) < 4.78 is 4.86. The summed E-state index contributed by atoms with van der Waals surface area (Å²) in [5.74, 6) is -2.53. The minimum absolute atomic E-state index is 0.0254. The van der Waals surface area contributed by atoms with E-state index in [9.17, 15) is 19.5 Å². The Bertz CT molecular complexity index is 569. The third-order valence-corrected chi connectivity index (χ3v) is 3.29. The Hall–Kier alpha value is -1.92. The predicted octanol–water partition coefficient (Wildman–Crippen LogP) is 1.85. The Balaban J connectivity index is 3.36. The molecule has 0 saturated carbocycles. The monoisotopic (exact) mass is 314 g/mol. The Morgan fingerprint density at radius 2 is 1.95 bits per heavy atom. The molecule has 1 rings (SSSR count). The van der Waals surface area contributed by atoms with Crippen molar-refractivity contribution in [2.24, 2.45) is 0 Å². The van der Waals surface area contributed by atoms with Gasteiger partial charge in [-0.3, -0.25) is 4.79 Å². The van der Waals surface area contributed by atoms with Crippen LogP contribution in [-0.4, -0.2) is 34.5 Å². The number of esters is 1. The first-order valence-electron chi connectivity index (χ1n) is 6.16. The number of alkyl halides is 1. The van der Waals surface area contributed by atoms with Crippen molar-refractivity contribution in [1.29, 1.82) is 0 Å². The van der Waals surface area contributed by atoms with E-state index in [0.29, 0.717) is 0 Å². The highest BCUT2D eigenvalue weighted by Crippen LogP contribution is 2.29. The van der Waals surface area contributed by atoms with Crippen LogP contribution in [0.5, 0.6) is 0 Å². The topological polar surface area (TPSA) is 101 Å². The molecule has 7 heteroatoms. The summed E-state index contributed by atoms with van der Waals surface area (Å²) in [6, 6.07) is 3.79. The lowest BCUT2D eigenvalue weighted by Gasteiger charge is -2.15. The van der Waals surface area contributed by atoms with Gasteiger partial charge in [0.15, 0.2) is 11.9 Å². The Kier molecular flexibility index (Phi) is 5.87. The van der Waals surface area contributed by atoms with E-state index in [0.717, 1.165) is 0 Å². The number of benzene rings is 1. The number of carboxylic acid groups (broad SMARTS) is 1. The molecule has 2 N–H and O–H groups in total. The van der Waals surface area contributed by atoms with Gasteiger partial charge in [-0.15, -0.1) is 11.6 Å². The molecule has 114 valence electrons. The lowest BCUT2D eigenvalue weighted by molar-refractivity contribution is -0.146. The number of carbonyl (C=O) groups is 3. The van der Waals surface area contributed by atoms with E-state index in [-0.39, 0.29) is 23.3 Å². The third kappa shape index (κ3) is 4.03. The molecule has 0 radical (unpaired) electrons. The van der Waals surface area contributed by atoms with Crippen LogP contribution >= 0.6 is 11.6 Å². The number of carbonyl (C=O) groups excluding carboxylic acids is 2. The average molecular weight is 315 g/mol. The van der Waals surface area contributed by atoms with Crippen LogP contribution in [0, 0.1) is 0 Å². The molecule has 1 aromatic rings. The Morgan fingerprint density at radius 1 is 1.33 bits per heavy atom. The number of hydrogen-bond donors (Lipinski definition) is 2. The molecule has 0 bridgehead atoms. The number of hydrogen-bond acceptors (Lipinski definition) is 5. The van der Waals surface area contributed by atoms with Crippen molar-refractivity contribution < 1.29 is 29.3 Å². The van der Waals surface area contributed by atoms with Crippen LogP contribution in [0.4, 0.5) is 0 Å². The Labute approximate surface area is 126 Å². The van der Waals surface area contributed by atoms with E-state index in [1.165, 1.54) is 25.1 Å². The second-order valence-electron chi connectivity index (χ2n) is 4.28. The third-order valence-electron chi connectivity index (χ3n) is 2.75. The molecule has 0 fully saturated rings. The molecule has 0 saturated heterocycles. The highest BCUT2D eigenvalue weighted by Gasteiger charge is 2.25. The fourth-order valence-electron chi connectivity index (χ4n) is 1.72. The molecule has 0 aliphatic rings. The van der Waals surface area contributed by atoms with Gasteiger partial charge in [0.2, 0.25) is 0 Å². The van der Waals surface area contributed by atoms with Gasteiger partial charge in [0.05, 0.1) is 12.2 Å². The zero-order valence-corrected chi connectivity index (χ0v) is 12.3. The van der Waals surface area contributed by atoms with Gasteiger partial charge in [-0.1, -0.05) is 6.07 Å². The number of aliphatic hydroxyl groups excluding tert-OH is 1. The number of aliphatic hydroxyl groups is 1. The molecule has 21 heavy (non-hydrogen) atoms. The molecule has 0 heterocycles. The van der Waals surface area contributed by atoms with Crippen LogP contribution < -0.4 is 0 Å². The van der Waals surface area contributed by atoms with Crippen molar-refractivity contribution >= 4 is 29.3 Å². The number of Topliss-reactive ketones (excluding diaryl/α,β-unsaturated/α-hetero) is 1. The fourth-order valence-corrected chi connectivity index (χ4v) is 1.90. The summed E-state index contributed by atoms with van der Waals surface area (Å²) >= 11 is 5.96. The maximum atomic E-state index is 11.8. The maximum Gasteiger partial charge on any atom is 0.338 e. The van der Waals surface area contributed by atoms with E-state index in [2.05, 4.69) is 0 Å². The van der Waals surface area contributed by atoms with Gasteiger partial charge in [-0.25, -0.2) is 9.59 Å². The number of ether oxygens (including phenoxy) is 1. The lowest BCUT2D eigenvalue weighted by atomic mass is 9.97. The molecule has 0 aromatic heterocycles. The zero-order chi connectivity index (χ0) is 16.2.